The van der Waals surface area contributed by atoms with E-state index >= 15 is 0 Å². The monoisotopic (exact) mass is 224 g/mol. The fourth-order valence-electron chi connectivity index (χ4n) is 1.24. The highest BCUT2D eigenvalue weighted by Crippen LogP contribution is 2.23. The largest absolute Gasteiger partial charge is 0.334 e. The van der Waals surface area contributed by atoms with Gasteiger partial charge in [-0.05, 0) is 12.1 Å². The summed E-state index contributed by atoms with van der Waals surface area (Å²) in [7, 11) is 0. The zero-order chi connectivity index (χ0) is 11.7. The summed E-state index contributed by atoms with van der Waals surface area (Å²) >= 11 is 0. The van der Waals surface area contributed by atoms with Crippen LogP contribution in [0.25, 0.3) is 11.5 Å². The van der Waals surface area contributed by atoms with Gasteiger partial charge in [0.25, 0.3) is 5.89 Å². The summed E-state index contributed by atoms with van der Waals surface area (Å²) in [6.45, 7) is 3.80. The van der Waals surface area contributed by atoms with Crippen LogP contribution < -0.4 is 0 Å². The molecule has 2 aromatic rings. The summed E-state index contributed by atoms with van der Waals surface area (Å²) in [5, 5.41) is 3.71. The summed E-state index contributed by atoms with van der Waals surface area (Å²) < 4.78 is 31.0. The van der Waals surface area contributed by atoms with Crippen LogP contribution in [0.4, 0.5) is 8.78 Å². The number of hydrogen-bond donors (Lipinski definition) is 0. The van der Waals surface area contributed by atoms with Crippen molar-refractivity contribution < 1.29 is 13.3 Å². The SMILES string of the molecule is CC(C)c1noc(-c2ccc(F)cc2F)n1. The van der Waals surface area contributed by atoms with E-state index in [4.69, 9.17) is 4.52 Å². The van der Waals surface area contributed by atoms with Crippen molar-refractivity contribution in [1.82, 2.24) is 10.1 Å². The van der Waals surface area contributed by atoms with Gasteiger partial charge in [-0.15, -0.1) is 0 Å². The fraction of sp³-hybridized carbons (Fsp3) is 0.273. The third kappa shape index (κ3) is 1.93. The minimum absolute atomic E-state index is 0.0706. The molecule has 16 heavy (non-hydrogen) atoms. The van der Waals surface area contributed by atoms with Crippen LogP contribution in [-0.4, -0.2) is 10.1 Å². The van der Waals surface area contributed by atoms with Crippen LogP contribution in [0.1, 0.15) is 25.6 Å². The van der Waals surface area contributed by atoms with E-state index in [-0.39, 0.29) is 17.4 Å². The molecule has 0 fully saturated rings. The number of aromatic nitrogens is 2. The number of rotatable bonds is 2. The van der Waals surface area contributed by atoms with Crippen LogP contribution >= 0.6 is 0 Å². The maximum atomic E-state index is 13.4. The van der Waals surface area contributed by atoms with Crippen molar-refractivity contribution >= 4 is 0 Å². The zero-order valence-corrected chi connectivity index (χ0v) is 8.87. The van der Waals surface area contributed by atoms with Crippen molar-refractivity contribution in [3.63, 3.8) is 0 Å². The van der Waals surface area contributed by atoms with Gasteiger partial charge in [0.1, 0.15) is 11.6 Å². The predicted molar refractivity (Wildman–Crippen MR) is 53.7 cm³/mol. The van der Waals surface area contributed by atoms with E-state index in [9.17, 15) is 8.78 Å². The molecule has 0 spiro atoms. The summed E-state index contributed by atoms with van der Waals surface area (Å²) in [6, 6.07) is 3.22. The van der Waals surface area contributed by atoms with Crippen molar-refractivity contribution in [2.24, 2.45) is 0 Å². The van der Waals surface area contributed by atoms with Gasteiger partial charge >= 0.3 is 0 Å². The van der Waals surface area contributed by atoms with Gasteiger partial charge in [0.05, 0.1) is 5.56 Å². The van der Waals surface area contributed by atoms with Crippen LogP contribution in [-0.2, 0) is 0 Å². The highest BCUT2D eigenvalue weighted by Gasteiger charge is 2.15. The van der Waals surface area contributed by atoms with Crippen molar-refractivity contribution in [2.75, 3.05) is 0 Å². The topological polar surface area (TPSA) is 38.9 Å². The van der Waals surface area contributed by atoms with E-state index < -0.39 is 11.6 Å². The van der Waals surface area contributed by atoms with Crippen molar-refractivity contribution in [1.29, 1.82) is 0 Å². The van der Waals surface area contributed by atoms with E-state index in [2.05, 4.69) is 10.1 Å². The highest BCUT2D eigenvalue weighted by atomic mass is 19.1. The molecule has 0 atom stereocenters. The lowest BCUT2D eigenvalue weighted by Crippen LogP contribution is -1.90. The summed E-state index contributed by atoms with van der Waals surface area (Å²) in [5.74, 6) is -0.676. The fourth-order valence-corrected chi connectivity index (χ4v) is 1.24. The normalized spacial score (nSPS) is 11.1. The Morgan fingerprint density at radius 2 is 2.00 bits per heavy atom. The second-order valence-electron chi connectivity index (χ2n) is 3.74. The average Bonchev–Trinajstić information content (AvgIpc) is 2.66. The third-order valence-electron chi connectivity index (χ3n) is 2.12. The van der Waals surface area contributed by atoms with Crippen LogP contribution in [0.3, 0.4) is 0 Å². The van der Waals surface area contributed by atoms with Crippen molar-refractivity contribution in [3.05, 3.63) is 35.7 Å². The smallest absolute Gasteiger partial charge is 0.260 e. The molecule has 1 aromatic carbocycles. The number of benzene rings is 1. The zero-order valence-electron chi connectivity index (χ0n) is 8.87. The van der Waals surface area contributed by atoms with Gasteiger partial charge in [0, 0.05) is 12.0 Å². The maximum absolute atomic E-state index is 13.4. The van der Waals surface area contributed by atoms with Gasteiger partial charge in [-0.2, -0.15) is 4.98 Å². The molecule has 0 aliphatic rings. The summed E-state index contributed by atoms with van der Waals surface area (Å²) in [5.41, 5.74) is 0.112. The number of nitrogens with zero attached hydrogens (tertiary/aromatic N) is 2. The molecule has 2 rings (SSSR count). The maximum Gasteiger partial charge on any atom is 0.260 e. The molecule has 5 heteroatoms. The molecular weight excluding hydrogens is 214 g/mol. The Bertz CT molecular complexity index is 508. The molecule has 0 aliphatic carbocycles. The Kier molecular flexibility index (Phi) is 2.68. The summed E-state index contributed by atoms with van der Waals surface area (Å²) in [4.78, 5) is 4.03. The van der Waals surface area contributed by atoms with Gasteiger partial charge in [0.15, 0.2) is 5.82 Å². The first-order valence-electron chi connectivity index (χ1n) is 4.87. The van der Waals surface area contributed by atoms with E-state index in [0.29, 0.717) is 5.82 Å². The first kappa shape index (κ1) is 10.7. The highest BCUT2D eigenvalue weighted by molar-refractivity contribution is 5.53. The number of hydrogen-bond acceptors (Lipinski definition) is 3. The quantitative estimate of drug-likeness (QED) is 0.786. The Hall–Kier alpha value is -1.78. The minimum Gasteiger partial charge on any atom is -0.334 e. The van der Waals surface area contributed by atoms with Crippen molar-refractivity contribution in [2.45, 2.75) is 19.8 Å². The van der Waals surface area contributed by atoms with E-state index in [1.54, 1.807) is 0 Å². The molecule has 0 N–H and O–H groups in total. The van der Waals surface area contributed by atoms with Gasteiger partial charge < -0.3 is 4.52 Å². The van der Waals surface area contributed by atoms with Gasteiger partial charge in [-0.1, -0.05) is 19.0 Å². The molecule has 0 saturated heterocycles. The van der Waals surface area contributed by atoms with Crippen LogP contribution in [0.15, 0.2) is 22.7 Å². The molecule has 0 saturated carbocycles. The third-order valence-corrected chi connectivity index (χ3v) is 2.12. The van der Waals surface area contributed by atoms with E-state index in [1.165, 1.54) is 6.07 Å². The molecule has 84 valence electrons. The Balaban J connectivity index is 2.42. The molecular formula is C11H10F2N2O. The lowest BCUT2D eigenvalue weighted by atomic mass is 10.2. The molecule has 3 nitrogen and oxygen atoms in total. The van der Waals surface area contributed by atoms with Gasteiger partial charge in [-0.3, -0.25) is 0 Å². The van der Waals surface area contributed by atoms with Crippen LogP contribution in [0, 0.1) is 11.6 Å². The first-order chi connectivity index (χ1) is 7.58. The Labute approximate surface area is 91.1 Å². The molecule has 1 aromatic heterocycles. The predicted octanol–water partition coefficient (Wildman–Crippen LogP) is 3.14. The molecule has 1 heterocycles. The van der Waals surface area contributed by atoms with Crippen LogP contribution in [0.2, 0.25) is 0 Å². The lowest BCUT2D eigenvalue weighted by molar-refractivity contribution is 0.417. The molecule has 0 unspecified atom stereocenters. The number of halogens is 2. The Morgan fingerprint density at radius 3 is 2.56 bits per heavy atom. The Morgan fingerprint density at radius 1 is 1.25 bits per heavy atom. The average molecular weight is 224 g/mol. The minimum atomic E-state index is -0.709. The molecule has 0 aliphatic heterocycles. The van der Waals surface area contributed by atoms with Crippen molar-refractivity contribution in [3.8, 4) is 11.5 Å². The van der Waals surface area contributed by atoms with E-state index in [1.807, 2.05) is 13.8 Å². The molecule has 0 amide bonds. The second-order valence-corrected chi connectivity index (χ2v) is 3.74. The van der Waals surface area contributed by atoms with Gasteiger partial charge in [0.2, 0.25) is 0 Å². The van der Waals surface area contributed by atoms with E-state index in [0.717, 1.165) is 12.1 Å². The van der Waals surface area contributed by atoms with Gasteiger partial charge in [-0.25, -0.2) is 8.78 Å². The first-order valence-corrected chi connectivity index (χ1v) is 4.87. The second kappa shape index (κ2) is 4.00. The summed E-state index contributed by atoms with van der Waals surface area (Å²) in [6.07, 6.45) is 0. The standard InChI is InChI=1S/C11H10F2N2O/c1-6(2)10-14-11(16-15-10)8-4-3-7(12)5-9(8)13/h3-6H,1-2H3. The van der Waals surface area contributed by atoms with Crippen LogP contribution in [0.5, 0.6) is 0 Å². The molecule has 0 radical (unpaired) electrons. The molecule has 0 bridgehead atoms. The lowest BCUT2D eigenvalue weighted by Gasteiger charge is -1.96.